The van der Waals surface area contributed by atoms with E-state index in [1.54, 1.807) is 0 Å². The molecule has 0 aliphatic carbocycles. The fourth-order valence-electron chi connectivity index (χ4n) is 4.89. The van der Waals surface area contributed by atoms with E-state index in [-0.39, 0.29) is 10.8 Å². The summed E-state index contributed by atoms with van der Waals surface area (Å²) in [5, 5.41) is 0. The Kier molecular flexibility index (Phi) is 6.61. The average Bonchev–Trinajstić information content (AvgIpc) is 3.22. The number of allylic oxidation sites excluding steroid dienone is 6. The lowest BCUT2D eigenvalue weighted by Gasteiger charge is -2.22. The van der Waals surface area contributed by atoms with Gasteiger partial charge in [-0.05, 0) is 63.5 Å². The van der Waals surface area contributed by atoms with Crippen molar-refractivity contribution in [3.63, 3.8) is 0 Å². The smallest absolute Gasteiger partial charge is 0.213 e. The Labute approximate surface area is 228 Å². The first-order chi connectivity index (χ1) is 18.0. The van der Waals surface area contributed by atoms with Crippen LogP contribution in [0.25, 0.3) is 16.9 Å². The molecule has 2 aliphatic heterocycles. The maximum absolute atomic E-state index is 6.48. The van der Waals surface area contributed by atoms with Crippen molar-refractivity contribution >= 4 is 28.8 Å². The molecule has 0 aromatic heterocycles. The first-order valence-electron chi connectivity index (χ1n) is 13.4. The third-order valence-corrected chi connectivity index (χ3v) is 7.29. The summed E-state index contributed by atoms with van der Waals surface area (Å²) in [5.74, 6) is 1.69. The molecule has 0 radical (unpaired) electrons. The zero-order valence-corrected chi connectivity index (χ0v) is 23.7. The van der Waals surface area contributed by atoms with Crippen molar-refractivity contribution in [2.24, 2.45) is 0 Å². The minimum atomic E-state index is 0.110. The van der Waals surface area contributed by atoms with Crippen molar-refractivity contribution in [2.75, 3.05) is 7.05 Å². The average molecular weight is 501 g/mol. The molecule has 0 spiro atoms. The highest BCUT2D eigenvalue weighted by Gasteiger charge is 2.22. The quantitative estimate of drug-likeness (QED) is 0.327. The van der Waals surface area contributed by atoms with Crippen LogP contribution in [-0.2, 0) is 15.6 Å². The number of rotatable bonds is 3. The monoisotopic (exact) mass is 500 g/mol. The minimum Gasteiger partial charge on any atom is -0.457 e. The molecule has 3 aromatic rings. The Morgan fingerprint density at radius 3 is 1.84 bits per heavy atom. The maximum Gasteiger partial charge on any atom is 0.213 e. The predicted octanol–water partition coefficient (Wildman–Crippen LogP) is 9.06. The maximum atomic E-state index is 6.48. The summed E-state index contributed by atoms with van der Waals surface area (Å²) in [5.41, 5.74) is 9.90. The summed E-state index contributed by atoms with van der Waals surface area (Å²) in [6, 6.07) is 26.2. The molecule has 38 heavy (non-hydrogen) atoms. The van der Waals surface area contributed by atoms with E-state index in [2.05, 4.69) is 156 Å². The second-order valence-electron chi connectivity index (χ2n) is 12.3. The normalized spacial score (nSPS) is 17.6. The molecule has 0 saturated heterocycles. The van der Waals surface area contributed by atoms with E-state index in [0.29, 0.717) is 0 Å². The van der Waals surface area contributed by atoms with Crippen LogP contribution in [0.2, 0.25) is 0 Å². The van der Waals surface area contributed by atoms with E-state index in [9.17, 15) is 0 Å². The van der Waals surface area contributed by atoms with Crippen molar-refractivity contribution in [3.05, 3.63) is 131 Å². The summed E-state index contributed by atoms with van der Waals surface area (Å²) in [4.78, 5) is 0. The molecule has 192 valence electrons. The van der Waals surface area contributed by atoms with Gasteiger partial charge in [-0.1, -0.05) is 102 Å². The molecule has 0 amide bonds. The zero-order chi connectivity index (χ0) is 27.1. The lowest BCUT2D eigenvalue weighted by Crippen LogP contribution is -2.11. The fraction of sp³-hybridized carbons (Fsp3) is 0.250. The third kappa shape index (κ3) is 5.36. The van der Waals surface area contributed by atoms with Crippen molar-refractivity contribution in [1.29, 1.82) is 0 Å². The van der Waals surface area contributed by atoms with Crippen LogP contribution < -0.4 is 0 Å². The fourth-order valence-corrected chi connectivity index (χ4v) is 4.89. The van der Waals surface area contributed by atoms with Gasteiger partial charge in [0.15, 0.2) is 6.21 Å². The molecule has 2 heterocycles. The Morgan fingerprint density at radius 1 is 0.658 bits per heavy atom. The molecule has 0 saturated carbocycles. The highest BCUT2D eigenvalue weighted by molar-refractivity contribution is 6.12. The second kappa shape index (κ2) is 9.76. The second-order valence-corrected chi connectivity index (χ2v) is 12.3. The van der Waals surface area contributed by atoms with Crippen LogP contribution in [0.5, 0.6) is 0 Å². The Bertz CT molecular complexity index is 1510. The Hall–Kier alpha value is -3.91. The number of fused-ring (bicyclic) bond motifs is 1. The lowest BCUT2D eigenvalue weighted by molar-refractivity contribution is -0.395. The lowest BCUT2D eigenvalue weighted by atomic mass is 9.86. The number of para-hydroxylation sites is 1. The van der Waals surface area contributed by atoms with Gasteiger partial charge in [0.1, 0.15) is 18.6 Å². The van der Waals surface area contributed by atoms with Crippen LogP contribution in [-0.4, -0.2) is 17.8 Å². The first kappa shape index (κ1) is 25.7. The van der Waals surface area contributed by atoms with Crippen LogP contribution in [0, 0.1) is 0 Å². The summed E-state index contributed by atoms with van der Waals surface area (Å²) >= 11 is 0. The van der Waals surface area contributed by atoms with E-state index in [1.165, 1.54) is 33.5 Å². The minimum absolute atomic E-state index is 0.110. The van der Waals surface area contributed by atoms with Gasteiger partial charge in [0, 0.05) is 11.6 Å². The summed E-state index contributed by atoms with van der Waals surface area (Å²) < 4.78 is 8.64. The van der Waals surface area contributed by atoms with Gasteiger partial charge >= 0.3 is 0 Å². The van der Waals surface area contributed by atoms with E-state index in [0.717, 1.165) is 22.7 Å². The van der Waals surface area contributed by atoms with Gasteiger partial charge in [-0.2, -0.15) is 0 Å². The molecule has 0 unspecified atom stereocenters. The number of hydrogen-bond acceptors (Lipinski definition) is 1. The van der Waals surface area contributed by atoms with E-state index < -0.39 is 0 Å². The molecular weight excluding hydrogens is 462 g/mol. The molecular formula is C36H38NO+. The Morgan fingerprint density at radius 2 is 1.24 bits per heavy atom. The summed E-state index contributed by atoms with van der Waals surface area (Å²) in [6.07, 6.45) is 10.7. The number of ether oxygens (including phenoxy) is 1. The molecule has 0 fully saturated rings. The van der Waals surface area contributed by atoms with Crippen LogP contribution in [0.4, 0.5) is 5.69 Å². The molecule has 0 atom stereocenters. The molecule has 5 rings (SSSR count). The molecule has 2 nitrogen and oxygen atoms in total. The largest absolute Gasteiger partial charge is 0.457 e. The molecule has 2 aliphatic rings. The zero-order valence-electron chi connectivity index (χ0n) is 23.7. The summed E-state index contributed by atoms with van der Waals surface area (Å²) in [6.45, 7) is 13.5. The molecule has 2 heteroatoms. The standard InChI is InChI=1S/C36H38NO/c1-35(2,3)29-17-12-25(13-18-29)28-22-31(21-16-27-24-37(7)33-11-9-8-10-32(27)33)38-34(23-28)26-14-19-30(20-15-26)36(4,5)6/h8-24H,1-7H3/q+1. The van der Waals surface area contributed by atoms with Gasteiger partial charge in [0.05, 0.1) is 11.1 Å². The molecule has 0 bridgehead atoms. The van der Waals surface area contributed by atoms with E-state index in [1.807, 2.05) is 0 Å². The van der Waals surface area contributed by atoms with E-state index in [4.69, 9.17) is 4.74 Å². The predicted molar refractivity (Wildman–Crippen MR) is 162 cm³/mol. The van der Waals surface area contributed by atoms with Crippen molar-refractivity contribution in [3.8, 4) is 0 Å². The van der Waals surface area contributed by atoms with Crippen LogP contribution in [0.1, 0.15) is 69.4 Å². The van der Waals surface area contributed by atoms with Crippen LogP contribution >= 0.6 is 0 Å². The third-order valence-electron chi connectivity index (χ3n) is 7.29. The summed E-state index contributed by atoms with van der Waals surface area (Å²) in [7, 11) is 2.09. The van der Waals surface area contributed by atoms with Crippen molar-refractivity contribution in [2.45, 2.75) is 52.4 Å². The van der Waals surface area contributed by atoms with Gasteiger partial charge in [-0.3, -0.25) is 0 Å². The van der Waals surface area contributed by atoms with Gasteiger partial charge < -0.3 is 4.74 Å². The van der Waals surface area contributed by atoms with Gasteiger partial charge in [0.25, 0.3) is 0 Å². The number of hydrogen-bond donors (Lipinski definition) is 0. The van der Waals surface area contributed by atoms with E-state index >= 15 is 0 Å². The Balaban J connectivity index is 1.54. The van der Waals surface area contributed by atoms with Gasteiger partial charge in [-0.25, -0.2) is 4.58 Å². The topological polar surface area (TPSA) is 12.2 Å². The molecule has 3 aromatic carbocycles. The highest BCUT2D eigenvalue weighted by Crippen LogP contribution is 2.35. The highest BCUT2D eigenvalue weighted by atomic mass is 16.5. The van der Waals surface area contributed by atoms with Crippen molar-refractivity contribution < 1.29 is 9.31 Å². The number of benzene rings is 3. The van der Waals surface area contributed by atoms with Crippen molar-refractivity contribution in [1.82, 2.24) is 0 Å². The van der Waals surface area contributed by atoms with Crippen LogP contribution in [0.15, 0.2) is 103 Å². The van der Waals surface area contributed by atoms with Crippen LogP contribution in [0.3, 0.4) is 0 Å². The first-order valence-corrected chi connectivity index (χ1v) is 13.4. The molecule has 0 N–H and O–H groups in total. The van der Waals surface area contributed by atoms with Gasteiger partial charge in [-0.15, -0.1) is 0 Å². The SMILES string of the molecule is C[N+]1=CC(=CC=C2C=C(c3ccc(C(C)(C)C)cc3)C=C(c3ccc(C(C)(C)C)cc3)O2)c2ccccc21. The number of nitrogens with zero attached hydrogens (tertiary/aromatic N) is 1. The van der Waals surface area contributed by atoms with Gasteiger partial charge in [0.2, 0.25) is 5.69 Å².